The van der Waals surface area contributed by atoms with Gasteiger partial charge < -0.3 is 10.8 Å². The summed E-state index contributed by atoms with van der Waals surface area (Å²) in [5.74, 6) is 0.583. The monoisotopic (exact) mass is 189 g/mol. The Kier molecular flexibility index (Phi) is 1.56. The zero-order valence-electron chi connectivity index (χ0n) is 8.11. The van der Waals surface area contributed by atoms with Crippen LogP contribution in [0.25, 0.3) is 0 Å². The van der Waals surface area contributed by atoms with Gasteiger partial charge in [0, 0.05) is 5.54 Å². The second-order valence-corrected chi connectivity index (χ2v) is 4.70. The number of nitrogens with two attached hydrogens (primary N) is 1. The summed E-state index contributed by atoms with van der Waals surface area (Å²) in [4.78, 5) is 0. The first-order valence-corrected chi connectivity index (χ1v) is 5.26. The minimum atomic E-state index is -0.461. The number of benzene rings is 1. The van der Waals surface area contributed by atoms with E-state index in [-0.39, 0.29) is 5.54 Å². The molecule has 2 bridgehead atoms. The number of aliphatic hydroxyl groups is 1. The maximum absolute atomic E-state index is 10.2. The first-order chi connectivity index (χ1) is 6.71. The highest BCUT2D eigenvalue weighted by Crippen LogP contribution is 2.51. The van der Waals surface area contributed by atoms with Crippen molar-refractivity contribution in [3.8, 4) is 0 Å². The summed E-state index contributed by atoms with van der Waals surface area (Å²) in [6.45, 7) is 0. The van der Waals surface area contributed by atoms with E-state index < -0.39 is 6.10 Å². The average molecular weight is 189 g/mol. The van der Waals surface area contributed by atoms with E-state index in [1.807, 2.05) is 18.2 Å². The third kappa shape index (κ3) is 0.928. The first-order valence-electron chi connectivity index (χ1n) is 5.26. The van der Waals surface area contributed by atoms with E-state index in [4.69, 9.17) is 5.73 Å². The van der Waals surface area contributed by atoms with E-state index in [2.05, 4.69) is 6.07 Å². The molecule has 2 nitrogen and oxygen atoms in total. The van der Waals surface area contributed by atoms with Crippen LogP contribution in [-0.4, -0.2) is 10.6 Å². The molecular formula is C12H15NO. The fourth-order valence-corrected chi connectivity index (χ4v) is 3.06. The molecule has 74 valence electrons. The molecule has 2 heteroatoms. The summed E-state index contributed by atoms with van der Waals surface area (Å²) in [5.41, 5.74) is 8.24. The largest absolute Gasteiger partial charge is 0.386 e. The van der Waals surface area contributed by atoms with Crippen LogP contribution in [0.3, 0.4) is 0 Å². The van der Waals surface area contributed by atoms with E-state index in [1.165, 1.54) is 5.56 Å². The highest BCUT2D eigenvalue weighted by atomic mass is 16.3. The van der Waals surface area contributed by atoms with Crippen molar-refractivity contribution in [1.29, 1.82) is 0 Å². The average Bonchev–Trinajstić information content (AvgIpc) is 2.57. The predicted octanol–water partition coefficient (Wildman–Crippen LogP) is 1.70. The molecule has 2 aliphatic rings. The zero-order chi connectivity index (χ0) is 9.76. The molecular weight excluding hydrogens is 174 g/mol. The zero-order valence-corrected chi connectivity index (χ0v) is 8.11. The van der Waals surface area contributed by atoms with Gasteiger partial charge in [0.15, 0.2) is 0 Å². The van der Waals surface area contributed by atoms with E-state index in [0.29, 0.717) is 5.92 Å². The van der Waals surface area contributed by atoms with Crippen LogP contribution in [0.15, 0.2) is 24.3 Å². The molecule has 0 spiro atoms. The lowest BCUT2D eigenvalue weighted by Crippen LogP contribution is -2.45. The van der Waals surface area contributed by atoms with Crippen molar-refractivity contribution in [2.24, 2.45) is 5.73 Å². The van der Waals surface area contributed by atoms with Crippen LogP contribution in [-0.2, 0) is 0 Å². The van der Waals surface area contributed by atoms with Gasteiger partial charge in [-0.3, -0.25) is 0 Å². The molecule has 3 unspecified atom stereocenters. The molecule has 0 heterocycles. The highest BCUT2D eigenvalue weighted by Gasteiger charge is 2.47. The third-order valence-electron chi connectivity index (χ3n) is 3.86. The van der Waals surface area contributed by atoms with Crippen LogP contribution >= 0.6 is 0 Å². The summed E-state index contributed by atoms with van der Waals surface area (Å²) < 4.78 is 0. The molecule has 0 aromatic heterocycles. The molecule has 1 fully saturated rings. The van der Waals surface area contributed by atoms with Crippen molar-refractivity contribution in [2.75, 3.05) is 0 Å². The number of fused-ring (bicyclic) bond motifs is 4. The maximum Gasteiger partial charge on any atom is 0.0972 e. The molecule has 14 heavy (non-hydrogen) atoms. The fraction of sp³-hybridized carbons (Fsp3) is 0.500. The summed E-state index contributed by atoms with van der Waals surface area (Å²) >= 11 is 0. The molecule has 0 amide bonds. The van der Waals surface area contributed by atoms with Gasteiger partial charge in [-0.25, -0.2) is 0 Å². The fourth-order valence-electron chi connectivity index (χ4n) is 3.06. The topological polar surface area (TPSA) is 46.2 Å². The molecule has 0 aliphatic heterocycles. The van der Waals surface area contributed by atoms with E-state index in [0.717, 1.165) is 24.8 Å². The lowest BCUT2D eigenvalue weighted by molar-refractivity contribution is 0.0796. The molecule has 0 saturated heterocycles. The Morgan fingerprint density at radius 2 is 2.00 bits per heavy atom. The van der Waals surface area contributed by atoms with E-state index in [9.17, 15) is 5.11 Å². The molecule has 3 N–H and O–H groups in total. The third-order valence-corrected chi connectivity index (χ3v) is 3.86. The predicted molar refractivity (Wildman–Crippen MR) is 54.9 cm³/mol. The second-order valence-electron chi connectivity index (χ2n) is 4.70. The molecule has 3 atom stereocenters. The van der Waals surface area contributed by atoms with Gasteiger partial charge in [0.05, 0.1) is 6.10 Å². The number of hydrogen-bond acceptors (Lipinski definition) is 2. The Balaban J connectivity index is 2.19. The Hall–Kier alpha value is -0.860. The van der Waals surface area contributed by atoms with Crippen molar-refractivity contribution in [1.82, 2.24) is 0 Å². The molecule has 2 aliphatic carbocycles. The van der Waals surface area contributed by atoms with Crippen molar-refractivity contribution in [3.05, 3.63) is 35.4 Å². The quantitative estimate of drug-likeness (QED) is 0.652. The summed E-state index contributed by atoms with van der Waals surface area (Å²) in [6, 6.07) is 8.18. The number of rotatable bonds is 0. The van der Waals surface area contributed by atoms with Crippen LogP contribution in [0.5, 0.6) is 0 Å². The smallest absolute Gasteiger partial charge is 0.0972 e. The summed E-state index contributed by atoms with van der Waals surface area (Å²) in [6.07, 6.45) is 2.57. The van der Waals surface area contributed by atoms with Gasteiger partial charge in [0.25, 0.3) is 0 Å². The van der Waals surface area contributed by atoms with Gasteiger partial charge in [0.1, 0.15) is 0 Å². The Morgan fingerprint density at radius 3 is 2.79 bits per heavy atom. The Labute approximate surface area is 83.7 Å². The van der Waals surface area contributed by atoms with Crippen LogP contribution in [0.2, 0.25) is 0 Å². The minimum Gasteiger partial charge on any atom is -0.386 e. The molecule has 0 radical (unpaired) electrons. The Morgan fingerprint density at radius 1 is 1.29 bits per heavy atom. The summed E-state index contributed by atoms with van der Waals surface area (Å²) in [5, 5.41) is 10.2. The second kappa shape index (κ2) is 2.59. The molecule has 1 saturated carbocycles. The standard InChI is InChI=1S/C12H15NO/c13-12-6-5-8(7-12)9-3-1-2-4-10(9)11(12)14/h1-4,8,11,14H,5-7,13H2. The Bertz CT molecular complexity index is 376. The van der Waals surface area contributed by atoms with Gasteiger partial charge in [-0.2, -0.15) is 0 Å². The van der Waals surface area contributed by atoms with Crippen molar-refractivity contribution in [2.45, 2.75) is 36.8 Å². The van der Waals surface area contributed by atoms with Crippen LogP contribution in [0.4, 0.5) is 0 Å². The van der Waals surface area contributed by atoms with E-state index in [1.54, 1.807) is 0 Å². The number of hydrogen-bond donors (Lipinski definition) is 2. The van der Waals surface area contributed by atoms with Gasteiger partial charge in [-0.05, 0) is 36.3 Å². The molecule has 1 aromatic carbocycles. The number of aliphatic hydroxyl groups excluding tert-OH is 1. The lowest BCUT2D eigenvalue weighted by Gasteiger charge is -2.36. The first kappa shape index (κ1) is 8.45. The molecule has 3 rings (SSSR count). The van der Waals surface area contributed by atoms with Gasteiger partial charge >= 0.3 is 0 Å². The highest BCUT2D eigenvalue weighted by molar-refractivity contribution is 5.39. The maximum atomic E-state index is 10.2. The summed E-state index contributed by atoms with van der Waals surface area (Å²) in [7, 11) is 0. The van der Waals surface area contributed by atoms with Gasteiger partial charge in [-0.15, -0.1) is 0 Å². The van der Waals surface area contributed by atoms with Gasteiger partial charge in [0.2, 0.25) is 0 Å². The molecule has 1 aromatic rings. The van der Waals surface area contributed by atoms with Gasteiger partial charge in [-0.1, -0.05) is 24.3 Å². The van der Waals surface area contributed by atoms with Crippen LogP contribution in [0.1, 0.15) is 42.4 Å². The van der Waals surface area contributed by atoms with Crippen LogP contribution in [0, 0.1) is 0 Å². The SMILES string of the molecule is NC12CCC(C1)c1ccccc1C2O. The van der Waals surface area contributed by atoms with Crippen molar-refractivity contribution < 1.29 is 5.11 Å². The van der Waals surface area contributed by atoms with Crippen molar-refractivity contribution in [3.63, 3.8) is 0 Å². The van der Waals surface area contributed by atoms with Crippen molar-refractivity contribution >= 4 is 0 Å². The normalized spacial score (nSPS) is 39.6. The van der Waals surface area contributed by atoms with E-state index >= 15 is 0 Å². The van der Waals surface area contributed by atoms with Crippen LogP contribution < -0.4 is 5.73 Å². The minimum absolute atomic E-state index is 0.348. The lowest BCUT2D eigenvalue weighted by atomic mass is 9.77.